The summed E-state index contributed by atoms with van der Waals surface area (Å²) in [6.45, 7) is 4.12. The number of hydrogen-bond acceptors (Lipinski definition) is 6. The summed E-state index contributed by atoms with van der Waals surface area (Å²) in [5.41, 5.74) is 0.116. The number of nitrogens with one attached hydrogen (secondary N) is 1. The van der Waals surface area contributed by atoms with Crippen molar-refractivity contribution >= 4 is 29.2 Å². The molecule has 2 aromatic heterocycles. The Morgan fingerprint density at radius 2 is 1.96 bits per heavy atom. The van der Waals surface area contributed by atoms with Crippen LogP contribution >= 0.6 is 12.2 Å². The van der Waals surface area contributed by atoms with Crippen LogP contribution < -0.4 is 10.5 Å². The molecule has 1 aliphatic rings. The lowest BCUT2D eigenvalue weighted by molar-refractivity contribution is 0.122. The monoisotopic (exact) mass is 373 g/mol. The molecule has 1 N–H and O–H groups in total. The largest absolute Gasteiger partial charge is 0.378 e. The molecule has 0 bridgehead atoms. The van der Waals surface area contributed by atoms with Gasteiger partial charge in [0, 0.05) is 13.1 Å². The number of aryl methyl sites for hydroxylation is 1. The summed E-state index contributed by atoms with van der Waals surface area (Å²) in [7, 11) is 0. The van der Waals surface area contributed by atoms with Crippen molar-refractivity contribution in [3.63, 3.8) is 0 Å². The fraction of sp³-hybridized carbons (Fsp3) is 0.294. The molecular formula is C17H16FN5O2S. The summed E-state index contributed by atoms with van der Waals surface area (Å²) in [6.07, 6.45) is 0. The average molecular weight is 373 g/mol. The van der Waals surface area contributed by atoms with Gasteiger partial charge in [-0.25, -0.2) is 9.37 Å². The van der Waals surface area contributed by atoms with E-state index in [4.69, 9.17) is 17.0 Å². The van der Waals surface area contributed by atoms with Crippen molar-refractivity contribution in [2.45, 2.75) is 6.92 Å². The van der Waals surface area contributed by atoms with E-state index in [-0.39, 0.29) is 26.9 Å². The minimum Gasteiger partial charge on any atom is -0.378 e. The molecule has 26 heavy (non-hydrogen) atoms. The van der Waals surface area contributed by atoms with Crippen molar-refractivity contribution in [2.75, 3.05) is 31.2 Å². The van der Waals surface area contributed by atoms with Gasteiger partial charge in [-0.1, -0.05) is 24.4 Å². The fourth-order valence-corrected chi connectivity index (χ4v) is 3.44. The van der Waals surface area contributed by atoms with Gasteiger partial charge in [0.05, 0.1) is 18.9 Å². The lowest BCUT2D eigenvalue weighted by atomic mass is 10.3. The van der Waals surface area contributed by atoms with Crippen LogP contribution in [0.4, 0.5) is 10.3 Å². The third-order valence-corrected chi connectivity index (χ3v) is 4.69. The predicted octanol–water partition coefficient (Wildman–Crippen LogP) is 2.12. The van der Waals surface area contributed by atoms with Gasteiger partial charge in [-0.15, -0.1) is 0 Å². The predicted molar refractivity (Wildman–Crippen MR) is 98.0 cm³/mol. The molecule has 0 unspecified atom stereocenters. The number of rotatable bonds is 2. The minimum absolute atomic E-state index is 0.172. The molecule has 1 saturated heterocycles. The Labute approximate surface area is 153 Å². The summed E-state index contributed by atoms with van der Waals surface area (Å²) >= 11 is 5.47. The second-order valence-corrected chi connectivity index (χ2v) is 6.33. The number of para-hydroxylation sites is 1. The molecule has 0 amide bonds. The van der Waals surface area contributed by atoms with Gasteiger partial charge < -0.3 is 9.64 Å². The molecular weight excluding hydrogens is 357 g/mol. The molecule has 9 heteroatoms. The number of nitrogens with zero attached hydrogens (tertiary/aromatic N) is 4. The Kier molecular flexibility index (Phi) is 4.25. The number of halogens is 1. The van der Waals surface area contributed by atoms with Gasteiger partial charge in [-0.3, -0.25) is 14.3 Å². The number of aromatic nitrogens is 4. The van der Waals surface area contributed by atoms with Gasteiger partial charge in [-0.05, 0) is 19.1 Å². The van der Waals surface area contributed by atoms with Gasteiger partial charge in [0.2, 0.25) is 5.95 Å². The number of fused-ring (bicyclic) bond motifs is 1. The first-order valence-corrected chi connectivity index (χ1v) is 8.58. The van der Waals surface area contributed by atoms with E-state index in [0.717, 1.165) is 0 Å². The van der Waals surface area contributed by atoms with Gasteiger partial charge in [0.25, 0.3) is 5.56 Å². The molecule has 7 nitrogen and oxygen atoms in total. The van der Waals surface area contributed by atoms with E-state index in [0.29, 0.717) is 38.1 Å². The Hall–Kier alpha value is -2.65. The highest BCUT2D eigenvalue weighted by molar-refractivity contribution is 7.71. The van der Waals surface area contributed by atoms with Crippen LogP contribution in [-0.4, -0.2) is 45.8 Å². The normalized spacial score (nSPS) is 14.8. The SMILES string of the molecule is Cc1nc2nc(N3CCOCC3)[nH]c(=O)c2c(=S)n1-c1ccccc1F. The van der Waals surface area contributed by atoms with Crippen LogP contribution in [0, 0.1) is 17.4 Å². The molecule has 3 heterocycles. The molecule has 1 aliphatic heterocycles. The van der Waals surface area contributed by atoms with Crippen LogP contribution in [0.15, 0.2) is 29.1 Å². The standard InChI is InChI=1S/C17H16FN5O2S/c1-10-19-14-13(16(26)23(10)12-5-3-2-4-11(12)18)15(24)21-17(20-14)22-6-8-25-9-7-22/h2-5H,6-9H2,1H3,(H,20,21,24). The average Bonchev–Trinajstić information content (AvgIpc) is 2.63. The van der Waals surface area contributed by atoms with Crippen LogP contribution in [0.25, 0.3) is 16.7 Å². The summed E-state index contributed by atoms with van der Waals surface area (Å²) in [5, 5.41) is 0.172. The van der Waals surface area contributed by atoms with E-state index < -0.39 is 5.82 Å². The van der Waals surface area contributed by atoms with Crippen molar-refractivity contribution in [3.05, 3.63) is 50.9 Å². The Bertz CT molecular complexity index is 1100. The lowest BCUT2D eigenvalue weighted by Gasteiger charge is -2.27. The summed E-state index contributed by atoms with van der Waals surface area (Å²) in [6, 6.07) is 6.23. The highest BCUT2D eigenvalue weighted by atomic mass is 32.1. The van der Waals surface area contributed by atoms with Gasteiger partial charge in [-0.2, -0.15) is 4.98 Å². The van der Waals surface area contributed by atoms with E-state index in [9.17, 15) is 9.18 Å². The molecule has 4 rings (SSSR count). The van der Waals surface area contributed by atoms with Crippen molar-refractivity contribution in [1.29, 1.82) is 0 Å². The fourth-order valence-electron chi connectivity index (χ4n) is 3.03. The molecule has 0 aliphatic carbocycles. The third kappa shape index (κ3) is 2.78. The quantitative estimate of drug-likeness (QED) is 0.694. The lowest BCUT2D eigenvalue weighted by Crippen LogP contribution is -2.38. The maximum Gasteiger partial charge on any atom is 0.264 e. The zero-order chi connectivity index (χ0) is 18.3. The molecule has 1 aromatic carbocycles. The van der Waals surface area contributed by atoms with E-state index >= 15 is 0 Å². The van der Waals surface area contributed by atoms with E-state index in [1.54, 1.807) is 25.1 Å². The van der Waals surface area contributed by atoms with Crippen LogP contribution in [0.3, 0.4) is 0 Å². The topological polar surface area (TPSA) is 76.0 Å². The second-order valence-electron chi connectivity index (χ2n) is 5.94. The number of anilines is 1. The Morgan fingerprint density at radius 3 is 2.69 bits per heavy atom. The van der Waals surface area contributed by atoms with Crippen molar-refractivity contribution in [2.24, 2.45) is 0 Å². The minimum atomic E-state index is -0.442. The van der Waals surface area contributed by atoms with Gasteiger partial charge in [0.1, 0.15) is 21.7 Å². The van der Waals surface area contributed by atoms with E-state index in [2.05, 4.69) is 15.0 Å². The number of H-pyrrole nitrogens is 1. The first-order chi connectivity index (χ1) is 12.6. The smallest absolute Gasteiger partial charge is 0.264 e. The zero-order valence-corrected chi connectivity index (χ0v) is 14.8. The second kappa shape index (κ2) is 6.58. The molecule has 0 spiro atoms. The summed E-state index contributed by atoms with van der Waals surface area (Å²) in [4.78, 5) is 26.3. The maximum absolute atomic E-state index is 14.2. The van der Waals surface area contributed by atoms with E-state index in [1.807, 2.05) is 4.90 Å². The Morgan fingerprint density at radius 1 is 1.23 bits per heavy atom. The number of aromatic amines is 1. The number of hydrogen-bond donors (Lipinski definition) is 1. The van der Waals surface area contributed by atoms with Crippen LogP contribution in [0.5, 0.6) is 0 Å². The van der Waals surface area contributed by atoms with Crippen LogP contribution in [-0.2, 0) is 4.74 Å². The highest BCUT2D eigenvalue weighted by Gasteiger charge is 2.18. The molecule has 3 aromatic rings. The van der Waals surface area contributed by atoms with Crippen molar-refractivity contribution in [3.8, 4) is 5.69 Å². The van der Waals surface area contributed by atoms with Crippen LogP contribution in [0.1, 0.15) is 5.82 Å². The van der Waals surface area contributed by atoms with Crippen LogP contribution in [0.2, 0.25) is 0 Å². The number of ether oxygens (including phenoxy) is 1. The van der Waals surface area contributed by atoms with Crippen molar-refractivity contribution in [1.82, 2.24) is 19.5 Å². The van der Waals surface area contributed by atoms with Crippen molar-refractivity contribution < 1.29 is 9.13 Å². The first kappa shape index (κ1) is 16.8. The Balaban J connectivity index is 1.94. The zero-order valence-electron chi connectivity index (χ0n) is 14.0. The maximum atomic E-state index is 14.2. The van der Waals surface area contributed by atoms with Gasteiger partial charge in [0.15, 0.2) is 5.65 Å². The number of morpholine rings is 1. The third-order valence-electron chi connectivity index (χ3n) is 4.30. The molecule has 134 valence electrons. The molecule has 1 fully saturated rings. The van der Waals surface area contributed by atoms with E-state index in [1.165, 1.54) is 10.6 Å². The number of benzene rings is 1. The first-order valence-electron chi connectivity index (χ1n) is 8.17. The molecule has 0 radical (unpaired) electrons. The summed E-state index contributed by atoms with van der Waals surface area (Å²) < 4.78 is 21.2. The molecule has 0 atom stereocenters. The summed E-state index contributed by atoms with van der Waals surface area (Å²) in [5.74, 6) is 0.455. The molecule has 0 saturated carbocycles. The van der Waals surface area contributed by atoms with Gasteiger partial charge >= 0.3 is 0 Å². The highest BCUT2D eigenvalue weighted by Crippen LogP contribution is 2.20.